The molecule has 6 nitrogen and oxygen atoms in total. The number of oxime groups is 1. The second-order valence-corrected chi connectivity index (χ2v) is 4.99. The summed E-state index contributed by atoms with van der Waals surface area (Å²) < 4.78 is 23.2. The Hall–Kier alpha value is -3.09. The van der Waals surface area contributed by atoms with E-state index < -0.39 is 0 Å². The molecule has 7 heteroatoms. The minimum Gasteiger partial charge on any atom is -0.493 e. The Kier molecular flexibility index (Phi) is 6.76. The van der Waals surface area contributed by atoms with Crippen LogP contribution in [0.4, 0.5) is 4.39 Å². The number of nitrogens with one attached hydrogen (secondary N) is 1. The molecule has 25 heavy (non-hydrogen) atoms. The molecular formula is C18H19FN2O4. The second kappa shape index (κ2) is 9.27. The number of para-hydroxylation sites is 1. The van der Waals surface area contributed by atoms with Crippen LogP contribution in [0.15, 0.2) is 47.6 Å². The number of amides is 1. The van der Waals surface area contributed by atoms with Crippen LogP contribution in [0.3, 0.4) is 0 Å². The molecule has 0 aromatic heterocycles. The minimum atomic E-state index is -0.334. The number of methoxy groups -OCH3 is 2. The zero-order valence-electron chi connectivity index (χ0n) is 14.0. The van der Waals surface area contributed by atoms with Crippen molar-refractivity contribution in [2.45, 2.75) is 6.54 Å². The number of hydrogen-bond acceptors (Lipinski definition) is 5. The van der Waals surface area contributed by atoms with Crippen molar-refractivity contribution >= 4 is 12.1 Å². The first kappa shape index (κ1) is 18.3. The Morgan fingerprint density at radius 1 is 1.16 bits per heavy atom. The third kappa shape index (κ3) is 5.49. The fourth-order valence-electron chi connectivity index (χ4n) is 2.06. The molecule has 0 heterocycles. The van der Waals surface area contributed by atoms with Gasteiger partial charge in [0, 0.05) is 12.1 Å². The van der Waals surface area contributed by atoms with Crippen molar-refractivity contribution in [3.05, 3.63) is 59.4 Å². The highest BCUT2D eigenvalue weighted by Crippen LogP contribution is 2.29. The summed E-state index contributed by atoms with van der Waals surface area (Å²) in [5.74, 6) is 0.446. The molecule has 0 saturated heterocycles. The van der Waals surface area contributed by atoms with Crippen molar-refractivity contribution in [2.75, 3.05) is 20.8 Å². The van der Waals surface area contributed by atoms with Crippen LogP contribution in [0.25, 0.3) is 0 Å². The molecule has 2 aromatic carbocycles. The van der Waals surface area contributed by atoms with Crippen molar-refractivity contribution in [3.8, 4) is 11.5 Å². The number of nitrogens with zero attached hydrogens (tertiary/aromatic N) is 1. The van der Waals surface area contributed by atoms with Gasteiger partial charge in [-0.1, -0.05) is 23.4 Å². The maximum atomic E-state index is 12.8. The van der Waals surface area contributed by atoms with Gasteiger partial charge in [-0.2, -0.15) is 0 Å². The molecule has 0 bridgehead atoms. The molecule has 0 fully saturated rings. The van der Waals surface area contributed by atoms with E-state index in [1.807, 2.05) is 0 Å². The number of ether oxygens (including phenoxy) is 2. The van der Waals surface area contributed by atoms with Gasteiger partial charge < -0.3 is 19.6 Å². The number of benzene rings is 2. The zero-order valence-corrected chi connectivity index (χ0v) is 14.0. The average Bonchev–Trinajstić information content (AvgIpc) is 2.64. The first-order chi connectivity index (χ1) is 12.1. The monoisotopic (exact) mass is 346 g/mol. The highest BCUT2D eigenvalue weighted by Gasteiger charge is 2.07. The van der Waals surface area contributed by atoms with E-state index in [0.29, 0.717) is 17.1 Å². The van der Waals surface area contributed by atoms with E-state index in [1.54, 1.807) is 37.4 Å². The van der Waals surface area contributed by atoms with Crippen molar-refractivity contribution in [3.63, 3.8) is 0 Å². The number of rotatable bonds is 8. The van der Waals surface area contributed by atoms with Crippen LogP contribution in [0.1, 0.15) is 11.1 Å². The molecule has 0 spiro atoms. The van der Waals surface area contributed by atoms with Crippen LogP contribution in [0, 0.1) is 5.82 Å². The first-order valence-corrected chi connectivity index (χ1v) is 7.51. The van der Waals surface area contributed by atoms with Gasteiger partial charge in [0.15, 0.2) is 18.1 Å². The minimum absolute atomic E-state index is 0.232. The van der Waals surface area contributed by atoms with Gasteiger partial charge in [0.1, 0.15) is 5.82 Å². The number of halogens is 1. The number of hydrogen-bond donors (Lipinski definition) is 1. The van der Waals surface area contributed by atoms with Crippen molar-refractivity contribution < 1.29 is 23.5 Å². The van der Waals surface area contributed by atoms with Gasteiger partial charge in [0.25, 0.3) is 5.91 Å². The molecule has 1 amide bonds. The third-order valence-electron chi connectivity index (χ3n) is 3.30. The van der Waals surface area contributed by atoms with E-state index in [0.717, 1.165) is 5.56 Å². The summed E-state index contributed by atoms with van der Waals surface area (Å²) in [6, 6.07) is 11.2. The van der Waals surface area contributed by atoms with E-state index in [-0.39, 0.29) is 24.9 Å². The fraction of sp³-hybridized carbons (Fsp3) is 0.222. The van der Waals surface area contributed by atoms with Gasteiger partial charge in [-0.05, 0) is 29.8 Å². The average molecular weight is 346 g/mol. The summed E-state index contributed by atoms with van der Waals surface area (Å²) >= 11 is 0. The zero-order chi connectivity index (χ0) is 18.1. The lowest BCUT2D eigenvalue weighted by molar-refractivity contribution is -0.125. The summed E-state index contributed by atoms with van der Waals surface area (Å²) in [4.78, 5) is 16.7. The third-order valence-corrected chi connectivity index (χ3v) is 3.30. The number of carbonyl (C=O) groups is 1. The van der Waals surface area contributed by atoms with Crippen LogP contribution < -0.4 is 14.8 Å². The lowest BCUT2D eigenvalue weighted by Gasteiger charge is -2.09. The fourth-order valence-corrected chi connectivity index (χ4v) is 2.06. The predicted molar refractivity (Wildman–Crippen MR) is 91.3 cm³/mol. The van der Waals surface area contributed by atoms with E-state index in [9.17, 15) is 9.18 Å². The van der Waals surface area contributed by atoms with E-state index in [4.69, 9.17) is 14.3 Å². The smallest absolute Gasteiger partial charge is 0.261 e. The van der Waals surface area contributed by atoms with Crippen molar-refractivity contribution in [1.29, 1.82) is 0 Å². The molecule has 0 aliphatic rings. The Labute approximate surface area is 145 Å². The van der Waals surface area contributed by atoms with Crippen LogP contribution in [-0.4, -0.2) is 32.9 Å². The summed E-state index contributed by atoms with van der Waals surface area (Å²) in [5.41, 5.74) is 1.45. The molecule has 0 unspecified atom stereocenters. The molecule has 0 radical (unpaired) electrons. The maximum Gasteiger partial charge on any atom is 0.261 e. The normalized spacial score (nSPS) is 10.5. The van der Waals surface area contributed by atoms with Gasteiger partial charge >= 0.3 is 0 Å². The maximum absolute atomic E-state index is 12.8. The van der Waals surface area contributed by atoms with Crippen LogP contribution in [-0.2, 0) is 16.2 Å². The summed E-state index contributed by atoms with van der Waals surface area (Å²) in [6.07, 6.45) is 1.44. The molecule has 0 aliphatic carbocycles. The number of carbonyl (C=O) groups excluding carboxylic acids is 1. The topological polar surface area (TPSA) is 69.2 Å². The molecule has 2 aromatic rings. The standard InChI is InChI=1S/C18H19FN2O4/c1-23-16-5-3-4-14(18(16)24-2)11-21-25-12-17(22)20-10-13-6-8-15(19)9-7-13/h3-9,11H,10,12H2,1-2H3,(H,20,22)/b21-11-. The molecular weight excluding hydrogens is 327 g/mol. The van der Waals surface area contributed by atoms with Gasteiger partial charge in [0.2, 0.25) is 0 Å². The van der Waals surface area contributed by atoms with Crippen LogP contribution >= 0.6 is 0 Å². The first-order valence-electron chi connectivity index (χ1n) is 7.51. The molecule has 1 N–H and O–H groups in total. The van der Waals surface area contributed by atoms with Gasteiger partial charge in [-0.15, -0.1) is 0 Å². The SMILES string of the molecule is COc1cccc(/C=N\OCC(=O)NCc2ccc(F)cc2)c1OC. The Bertz CT molecular complexity index is 732. The van der Waals surface area contributed by atoms with Crippen molar-refractivity contribution in [1.82, 2.24) is 5.32 Å². The predicted octanol–water partition coefficient (Wildman–Crippen LogP) is 2.51. The highest BCUT2D eigenvalue weighted by atomic mass is 19.1. The van der Waals surface area contributed by atoms with E-state index in [2.05, 4.69) is 10.5 Å². The summed E-state index contributed by atoms with van der Waals surface area (Å²) in [7, 11) is 3.07. The molecule has 2 rings (SSSR count). The van der Waals surface area contributed by atoms with Crippen molar-refractivity contribution in [2.24, 2.45) is 5.16 Å². The molecule has 132 valence electrons. The van der Waals surface area contributed by atoms with Gasteiger partial charge in [-0.3, -0.25) is 4.79 Å². The van der Waals surface area contributed by atoms with E-state index >= 15 is 0 Å². The van der Waals surface area contributed by atoms with Crippen LogP contribution in [0.2, 0.25) is 0 Å². The van der Waals surface area contributed by atoms with Gasteiger partial charge in [-0.25, -0.2) is 4.39 Å². The Morgan fingerprint density at radius 3 is 2.60 bits per heavy atom. The molecule has 0 aliphatic heterocycles. The van der Waals surface area contributed by atoms with E-state index in [1.165, 1.54) is 25.5 Å². The lowest BCUT2D eigenvalue weighted by Crippen LogP contribution is -2.26. The largest absolute Gasteiger partial charge is 0.493 e. The lowest BCUT2D eigenvalue weighted by atomic mass is 10.2. The summed E-state index contributed by atoms with van der Waals surface area (Å²) in [5, 5.41) is 6.41. The second-order valence-electron chi connectivity index (χ2n) is 4.99. The summed E-state index contributed by atoms with van der Waals surface area (Å²) in [6.45, 7) is 0.0554. The highest BCUT2D eigenvalue weighted by molar-refractivity contribution is 5.84. The van der Waals surface area contributed by atoms with Gasteiger partial charge in [0.05, 0.1) is 20.4 Å². The molecule has 0 atom stereocenters. The Balaban J connectivity index is 1.81. The molecule has 0 saturated carbocycles. The van der Waals surface area contributed by atoms with Crippen LogP contribution in [0.5, 0.6) is 11.5 Å². The Morgan fingerprint density at radius 2 is 1.92 bits per heavy atom. The quantitative estimate of drug-likeness (QED) is 0.589.